The van der Waals surface area contributed by atoms with Crippen LogP contribution in [0.4, 0.5) is 5.13 Å². The molecule has 7 heteroatoms. The number of carbonyl (C=O) groups excluding carboxylic acids is 1. The molecule has 0 aliphatic rings. The van der Waals surface area contributed by atoms with Gasteiger partial charge in [0.05, 0.1) is 5.75 Å². The summed E-state index contributed by atoms with van der Waals surface area (Å²) in [6.45, 7) is 1.78. The van der Waals surface area contributed by atoms with Gasteiger partial charge in [-0.05, 0) is 6.42 Å². The molecule has 88 valence electrons. The maximum atomic E-state index is 11.4. The normalized spacial score (nSPS) is 12.1. The molecule has 0 spiro atoms. The molecule has 1 rings (SSSR count). The maximum Gasteiger partial charge on any atom is 0.316 e. The second-order valence-electron chi connectivity index (χ2n) is 2.93. The molecule has 1 heterocycles. The molecule has 0 saturated carbocycles. The standard InChI is InChI=1S/C9H12N2O3S2/c1-2-6(8(13)14)16-5-7(12)11-9-10-3-4-15-9/h3-4,6H,2,5H2,1H3,(H,13,14)(H,10,11,12). The second-order valence-corrected chi connectivity index (χ2v) is 5.02. The Kier molecular flexibility index (Phi) is 5.27. The lowest BCUT2D eigenvalue weighted by Gasteiger charge is -2.08. The second kappa shape index (κ2) is 6.49. The van der Waals surface area contributed by atoms with E-state index in [1.807, 2.05) is 0 Å². The Morgan fingerprint density at radius 1 is 1.69 bits per heavy atom. The number of anilines is 1. The Morgan fingerprint density at radius 2 is 2.44 bits per heavy atom. The van der Waals surface area contributed by atoms with Crippen molar-refractivity contribution in [3.63, 3.8) is 0 Å². The lowest BCUT2D eigenvalue weighted by molar-refractivity contribution is -0.136. The fourth-order valence-corrected chi connectivity index (χ4v) is 2.33. The van der Waals surface area contributed by atoms with Gasteiger partial charge in [0.1, 0.15) is 5.25 Å². The molecule has 0 saturated heterocycles. The third-order valence-electron chi connectivity index (χ3n) is 1.74. The number of thiazole rings is 1. The van der Waals surface area contributed by atoms with E-state index < -0.39 is 11.2 Å². The minimum atomic E-state index is -0.880. The number of rotatable bonds is 6. The molecule has 2 N–H and O–H groups in total. The zero-order chi connectivity index (χ0) is 12.0. The van der Waals surface area contributed by atoms with Crippen molar-refractivity contribution in [1.82, 2.24) is 4.98 Å². The van der Waals surface area contributed by atoms with Crippen molar-refractivity contribution >= 4 is 40.1 Å². The summed E-state index contributed by atoms with van der Waals surface area (Å²) in [5.41, 5.74) is 0. The molecule has 1 unspecified atom stereocenters. The molecule has 0 fully saturated rings. The van der Waals surface area contributed by atoms with Gasteiger partial charge in [0, 0.05) is 11.6 Å². The van der Waals surface area contributed by atoms with E-state index in [2.05, 4.69) is 10.3 Å². The number of carbonyl (C=O) groups is 2. The Labute approximate surface area is 101 Å². The van der Waals surface area contributed by atoms with E-state index in [-0.39, 0.29) is 11.7 Å². The van der Waals surface area contributed by atoms with Gasteiger partial charge in [-0.1, -0.05) is 6.92 Å². The Hall–Kier alpha value is -1.08. The predicted octanol–water partition coefficient (Wildman–Crippen LogP) is 1.68. The highest BCUT2D eigenvalue weighted by molar-refractivity contribution is 8.01. The molecule has 5 nitrogen and oxygen atoms in total. The van der Waals surface area contributed by atoms with Crippen LogP contribution in [0.3, 0.4) is 0 Å². The van der Waals surface area contributed by atoms with Crippen molar-refractivity contribution in [1.29, 1.82) is 0 Å². The molecular weight excluding hydrogens is 248 g/mol. The van der Waals surface area contributed by atoms with Crippen LogP contribution in [-0.4, -0.2) is 33.0 Å². The summed E-state index contributed by atoms with van der Waals surface area (Å²) in [5, 5.41) is 13.1. The fourth-order valence-electron chi connectivity index (χ4n) is 0.981. The number of carboxylic acid groups (broad SMARTS) is 1. The predicted molar refractivity (Wildman–Crippen MR) is 64.9 cm³/mol. The molecule has 1 aromatic rings. The summed E-state index contributed by atoms with van der Waals surface area (Å²) >= 11 is 2.45. The molecule has 16 heavy (non-hydrogen) atoms. The first-order chi connectivity index (χ1) is 7.63. The minimum absolute atomic E-state index is 0.129. The van der Waals surface area contributed by atoms with E-state index in [9.17, 15) is 9.59 Å². The highest BCUT2D eigenvalue weighted by atomic mass is 32.2. The van der Waals surface area contributed by atoms with E-state index in [1.165, 1.54) is 11.3 Å². The third kappa shape index (κ3) is 4.19. The van der Waals surface area contributed by atoms with E-state index in [0.717, 1.165) is 11.8 Å². The number of hydrogen-bond acceptors (Lipinski definition) is 5. The number of thioether (sulfide) groups is 1. The fraction of sp³-hybridized carbons (Fsp3) is 0.444. The summed E-state index contributed by atoms with van der Waals surface area (Å²) in [4.78, 5) is 26.0. The first-order valence-corrected chi connectivity index (χ1v) is 6.60. The number of amides is 1. The molecule has 1 atom stereocenters. The average Bonchev–Trinajstić information content (AvgIpc) is 2.70. The smallest absolute Gasteiger partial charge is 0.316 e. The van der Waals surface area contributed by atoms with Gasteiger partial charge < -0.3 is 10.4 Å². The van der Waals surface area contributed by atoms with Crippen molar-refractivity contribution in [3.05, 3.63) is 11.6 Å². The van der Waals surface area contributed by atoms with Crippen molar-refractivity contribution in [3.8, 4) is 0 Å². The van der Waals surface area contributed by atoms with Crippen molar-refractivity contribution in [2.24, 2.45) is 0 Å². The summed E-state index contributed by atoms with van der Waals surface area (Å²) in [7, 11) is 0. The number of aromatic nitrogens is 1. The van der Waals surface area contributed by atoms with Gasteiger partial charge in [-0.3, -0.25) is 9.59 Å². The Balaban J connectivity index is 2.32. The Bertz CT molecular complexity index is 354. The lowest BCUT2D eigenvalue weighted by atomic mass is 10.3. The molecular formula is C9H12N2O3S2. The molecule has 0 radical (unpaired) electrons. The first kappa shape index (κ1) is 13.0. The van der Waals surface area contributed by atoms with E-state index in [0.29, 0.717) is 11.6 Å². The highest BCUT2D eigenvalue weighted by Crippen LogP contribution is 2.16. The van der Waals surface area contributed by atoms with Gasteiger partial charge in [0.25, 0.3) is 0 Å². The van der Waals surface area contributed by atoms with Crippen LogP contribution in [0, 0.1) is 0 Å². The van der Waals surface area contributed by atoms with Crippen LogP contribution >= 0.6 is 23.1 Å². The molecule has 0 aliphatic heterocycles. The number of nitrogens with one attached hydrogen (secondary N) is 1. The van der Waals surface area contributed by atoms with Crippen molar-refractivity contribution < 1.29 is 14.7 Å². The number of nitrogens with zero attached hydrogens (tertiary/aromatic N) is 1. The van der Waals surface area contributed by atoms with Crippen LogP contribution in [0.1, 0.15) is 13.3 Å². The monoisotopic (exact) mass is 260 g/mol. The largest absolute Gasteiger partial charge is 0.480 e. The minimum Gasteiger partial charge on any atom is -0.480 e. The first-order valence-electron chi connectivity index (χ1n) is 4.67. The van der Waals surface area contributed by atoms with Crippen LogP contribution < -0.4 is 5.32 Å². The topological polar surface area (TPSA) is 79.3 Å². The van der Waals surface area contributed by atoms with E-state index in [4.69, 9.17) is 5.11 Å². The van der Waals surface area contributed by atoms with Gasteiger partial charge in [0.2, 0.25) is 5.91 Å². The number of hydrogen-bond donors (Lipinski definition) is 2. The van der Waals surface area contributed by atoms with Crippen LogP contribution in [-0.2, 0) is 9.59 Å². The summed E-state index contributed by atoms with van der Waals surface area (Å²) in [6.07, 6.45) is 2.10. The number of aliphatic carboxylic acids is 1. The Morgan fingerprint density at radius 3 is 2.94 bits per heavy atom. The molecule has 0 aromatic carbocycles. The lowest BCUT2D eigenvalue weighted by Crippen LogP contribution is -2.20. The SMILES string of the molecule is CCC(SCC(=O)Nc1nccs1)C(=O)O. The van der Waals surface area contributed by atoms with Gasteiger partial charge in [-0.2, -0.15) is 0 Å². The van der Waals surface area contributed by atoms with Gasteiger partial charge in [-0.15, -0.1) is 23.1 Å². The zero-order valence-corrected chi connectivity index (χ0v) is 10.3. The molecule has 1 amide bonds. The zero-order valence-electron chi connectivity index (χ0n) is 8.67. The molecule has 0 aliphatic carbocycles. The summed E-state index contributed by atoms with van der Waals surface area (Å²) in [6, 6.07) is 0. The van der Waals surface area contributed by atoms with Crippen molar-refractivity contribution in [2.75, 3.05) is 11.1 Å². The van der Waals surface area contributed by atoms with Crippen LogP contribution in [0.25, 0.3) is 0 Å². The third-order valence-corrected chi connectivity index (χ3v) is 3.80. The van der Waals surface area contributed by atoms with Gasteiger partial charge >= 0.3 is 5.97 Å². The molecule has 1 aromatic heterocycles. The average molecular weight is 260 g/mol. The maximum absolute atomic E-state index is 11.4. The van der Waals surface area contributed by atoms with Crippen molar-refractivity contribution in [2.45, 2.75) is 18.6 Å². The van der Waals surface area contributed by atoms with Crippen LogP contribution in [0.5, 0.6) is 0 Å². The van der Waals surface area contributed by atoms with E-state index >= 15 is 0 Å². The summed E-state index contributed by atoms with van der Waals surface area (Å²) < 4.78 is 0. The van der Waals surface area contributed by atoms with Crippen LogP contribution in [0.2, 0.25) is 0 Å². The van der Waals surface area contributed by atoms with Gasteiger partial charge in [-0.25, -0.2) is 4.98 Å². The quantitative estimate of drug-likeness (QED) is 0.813. The molecule has 0 bridgehead atoms. The van der Waals surface area contributed by atoms with Gasteiger partial charge in [0.15, 0.2) is 5.13 Å². The highest BCUT2D eigenvalue weighted by Gasteiger charge is 2.17. The number of carboxylic acids is 1. The van der Waals surface area contributed by atoms with E-state index in [1.54, 1.807) is 18.5 Å². The van der Waals surface area contributed by atoms with Crippen LogP contribution in [0.15, 0.2) is 11.6 Å². The summed E-state index contributed by atoms with van der Waals surface area (Å²) in [5.74, 6) is -0.973.